The van der Waals surface area contributed by atoms with Crippen molar-refractivity contribution in [1.29, 1.82) is 0 Å². The van der Waals surface area contributed by atoms with Gasteiger partial charge in [-0.1, -0.05) is 25.7 Å². The molecule has 0 aromatic heterocycles. The lowest BCUT2D eigenvalue weighted by atomic mass is 9.91. The van der Waals surface area contributed by atoms with Gasteiger partial charge in [0.2, 0.25) is 0 Å². The molecule has 0 amide bonds. The van der Waals surface area contributed by atoms with Crippen molar-refractivity contribution >= 4 is 9.84 Å². The van der Waals surface area contributed by atoms with Crippen LogP contribution in [0.5, 0.6) is 0 Å². The second-order valence-corrected chi connectivity index (χ2v) is 9.32. The standard InChI is InChI=1S/C16H29NO3S/c18-21(19)11-5-6-13(12-21)17-15-9-3-4-10-16(15)20-14-7-1-2-8-14/h13-17H,1-12H2. The summed E-state index contributed by atoms with van der Waals surface area (Å²) in [6, 6.07) is 0.499. The molecular formula is C16H29NO3S. The summed E-state index contributed by atoms with van der Waals surface area (Å²) < 4.78 is 29.9. The lowest BCUT2D eigenvalue weighted by molar-refractivity contribution is -0.0452. The Hall–Kier alpha value is -0.130. The Morgan fingerprint density at radius 2 is 1.57 bits per heavy atom. The molecule has 2 aliphatic carbocycles. The Balaban J connectivity index is 1.56. The van der Waals surface area contributed by atoms with Crippen LogP contribution in [0, 0.1) is 0 Å². The first-order valence-corrected chi connectivity index (χ1v) is 10.6. The van der Waals surface area contributed by atoms with Gasteiger partial charge < -0.3 is 10.1 Å². The van der Waals surface area contributed by atoms with Crippen LogP contribution in [0.1, 0.15) is 64.2 Å². The van der Waals surface area contributed by atoms with Crippen molar-refractivity contribution < 1.29 is 13.2 Å². The molecule has 0 spiro atoms. The predicted octanol–water partition coefficient (Wildman–Crippen LogP) is 2.42. The molecule has 0 radical (unpaired) electrons. The van der Waals surface area contributed by atoms with E-state index in [1.54, 1.807) is 0 Å². The third-order valence-electron chi connectivity index (χ3n) is 5.28. The topological polar surface area (TPSA) is 55.4 Å². The number of nitrogens with one attached hydrogen (secondary N) is 1. The van der Waals surface area contributed by atoms with Crippen molar-refractivity contribution in [2.24, 2.45) is 0 Å². The molecule has 3 aliphatic rings. The lowest BCUT2D eigenvalue weighted by Crippen LogP contribution is -2.52. The summed E-state index contributed by atoms with van der Waals surface area (Å²) in [5.74, 6) is 0.692. The first-order chi connectivity index (χ1) is 10.1. The molecule has 21 heavy (non-hydrogen) atoms. The average molecular weight is 315 g/mol. The highest BCUT2D eigenvalue weighted by atomic mass is 32.2. The monoisotopic (exact) mass is 315 g/mol. The fourth-order valence-electron chi connectivity index (χ4n) is 4.18. The van der Waals surface area contributed by atoms with Crippen molar-refractivity contribution in [2.45, 2.75) is 88.5 Å². The van der Waals surface area contributed by atoms with E-state index < -0.39 is 9.84 Å². The smallest absolute Gasteiger partial charge is 0.151 e. The molecule has 0 bridgehead atoms. The molecule has 0 aromatic carbocycles. The average Bonchev–Trinajstić information content (AvgIpc) is 2.93. The third kappa shape index (κ3) is 4.42. The van der Waals surface area contributed by atoms with E-state index in [-0.39, 0.29) is 6.04 Å². The predicted molar refractivity (Wildman–Crippen MR) is 84.2 cm³/mol. The van der Waals surface area contributed by atoms with Crippen LogP contribution in [0.3, 0.4) is 0 Å². The minimum Gasteiger partial charge on any atom is -0.373 e. The number of sulfone groups is 1. The van der Waals surface area contributed by atoms with E-state index in [2.05, 4.69) is 5.32 Å². The first-order valence-electron chi connectivity index (χ1n) is 8.74. The summed E-state index contributed by atoms with van der Waals surface area (Å²) in [6.07, 6.45) is 12.3. The molecule has 5 heteroatoms. The summed E-state index contributed by atoms with van der Waals surface area (Å²) in [4.78, 5) is 0. The molecule has 4 nitrogen and oxygen atoms in total. The van der Waals surface area contributed by atoms with Gasteiger partial charge in [-0.05, 0) is 38.5 Å². The summed E-state index contributed by atoms with van der Waals surface area (Å²) in [6.45, 7) is 0. The van der Waals surface area contributed by atoms with Crippen LogP contribution in [-0.2, 0) is 14.6 Å². The summed E-state index contributed by atoms with van der Waals surface area (Å²) in [5.41, 5.74) is 0. The number of rotatable bonds is 4. The van der Waals surface area contributed by atoms with Crippen molar-refractivity contribution in [3.05, 3.63) is 0 Å². The number of ether oxygens (including phenoxy) is 1. The molecule has 122 valence electrons. The van der Waals surface area contributed by atoms with Crippen LogP contribution in [0.25, 0.3) is 0 Å². The summed E-state index contributed by atoms with van der Waals surface area (Å²) in [5, 5.41) is 3.63. The minimum absolute atomic E-state index is 0.140. The largest absolute Gasteiger partial charge is 0.373 e. The SMILES string of the molecule is O=S1(=O)CCCC(NC2CCCCC2OC2CCCC2)C1. The Bertz CT molecular complexity index is 431. The van der Waals surface area contributed by atoms with E-state index in [0.29, 0.717) is 29.8 Å². The third-order valence-corrected chi connectivity index (χ3v) is 7.11. The van der Waals surface area contributed by atoms with Gasteiger partial charge in [0.15, 0.2) is 9.84 Å². The molecule has 2 saturated carbocycles. The number of hydrogen-bond donors (Lipinski definition) is 1. The molecular weight excluding hydrogens is 286 g/mol. The van der Waals surface area contributed by atoms with Gasteiger partial charge in [-0.2, -0.15) is 0 Å². The van der Waals surface area contributed by atoms with Crippen LogP contribution in [0.4, 0.5) is 0 Å². The zero-order chi connectivity index (χ0) is 14.7. The molecule has 1 saturated heterocycles. The highest BCUT2D eigenvalue weighted by molar-refractivity contribution is 7.91. The summed E-state index contributed by atoms with van der Waals surface area (Å²) >= 11 is 0. The summed E-state index contributed by atoms with van der Waals surface area (Å²) in [7, 11) is -2.83. The first kappa shape index (κ1) is 15.8. The number of hydrogen-bond acceptors (Lipinski definition) is 4. The molecule has 1 N–H and O–H groups in total. The second-order valence-electron chi connectivity index (χ2n) is 7.09. The maximum atomic E-state index is 11.8. The normalized spacial score (nSPS) is 37.6. The van der Waals surface area contributed by atoms with Crippen LogP contribution in [-0.4, -0.2) is 44.2 Å². The second kappa shape index (κ2) is 6.97. The fourth-order valence-corrected chi connectivity index (χ4v) is 5.83. The highest BCUT2D eigenvalue weighted by Gasteiger charge is 2.33. The van der Waals surface area contributed by atoms with Crippen molar-refractivity contribution in [3.63, 3.8) is 0 Å². The van der Waals surface area contributed by atoms with Gasteiger partial charge >= 0.3 is 0 Å². The molecule has 3 atom stereocenters. The Morgan fingerprint density at radius 3 is 2.33 bits per heavy atom. The zero-order valence-corrected chi connectivity index (χ0v) is 13.7. The van der Waals surface area contributed by atoms with Gasteiger partial charge in [0.25, 0.3) is 0 Å². The van der Waals surface area contributed by atoms with Crippen LogP contribution >= 0.6 is 0 Å². The molecule has 0 aromatic rings. The van der Waals surface area contributed by atoms with Gasteiger partial charge in [0.05, 0.1) is 23.7 Å². The van der Waals surface area contributed by atoms with Gasteiger partial charge in [-0.15, -0.1) is 0 Å². The van der Waals surface area contributed by atoms with Gasteiger partial charge in [0.1, 0.15) is 0 Å². The molecule has 1 aliphatic heterocycles. The Labute approximate surface area is 128 Å². The quantitative estimate of drug-likeness (QED) is 0.865. The van der Waals surface area contributed by atoms with Crippen LogP contribution < -0.4 is 5.32 Å². The zero-order valence-electron chi connectivity index (χ0n) is 12.9. The van der Waals surface area contributed by atoms with E-state index in [4.69, 9.17) is 4.74 Å². The van der Waals surface area contributed by atoms with Gasteiger partial charge in [-0.3, -0.25) is 0 Å². The van der Waals surface area contributed by atoms with Crippen molar-refractivity contribution in [1.82, 2.24) is 5.32 Å². The molecule has 3 fully saturated rings. The van der Waals surface area contributed by atoms with Crippen molar-refractivity contribution in [2.75, 3.05) is 11.5 Å². The maximum absolute atomic E-state index is 11.8. The maximum Gasteiger partial charge on any atom is 0.151 e. The highest BCUT2D eigenvalue weighted by Crippen LogP contribution is 2.29. The van der Waals surface area contributed by atoms with Crippen LogP contribution in [0.15, 0.2) is 0 Å². The molecule has 3 unspecified atom stereocenters. The van der Waals surface area contributed by atoms with Crippen LogP contribution in [0.2, 0.25) is 0 Å². The Kier molecular flexibility index (Phi) is 5.23. The molecule has 1 heterocycles. The van der Waals surface area contributed by atoms with E-state index >= 15 is 0 Å². The Morgan fingerprint density at radius 1 is 0.857 bits per heavy atom. The minimum atomic E-state index is -2.83. The van der Waals surface area contributed by atoms with E-state index in [0.717, 1.165) is 25.7 Å². The van der Waals surface area contributed by atoms with Crippen molar-refractivity contribution in [3.8, 4) is 0 Å². The van der Waals surface area contributed by atoms with Gasteiger partial charge in [0, 0.05) is 12.1 Å². The van der Waals surface area contributed by atoms with E-state index in [1.165, 1.54) is 38.5 Å². The van der Waals surface area contributed by atoms with E-state index in [1.807, 2.05) is 0 Å². The fraction of sp³-hybridized carbons (Fsp3) is 1.00. The van der Waals surface area contributed by atoms with Gasteiger partial charge in [-0.25, -0.2) is 8.42 Å². The lowest BCUT2D eigenvalue weighted by Gasteiger charge is -2.37. The molecule has 3 rings (SSSR count). The van der Waals surface area contributed by atoms with E-state index in [9.17, 15) is 8.42 Å².